The quantitative estimate of drug-likeness (QED) is 0.709. The minimum Gasteiger partial charge on any atom is -0.373 e. The van der Waals surface area contributed by atoms with E-state index < -0.39 is 10.0 Å². The number of fused-ring (bicyclic) bond motifs is 1. The maximum Gasteiger partial charge on any atom is 0.214 e. The summed E-state index contributed by atoms with van der Waals surface area (Å²) in [7, 11) is 0.681. The maximum atomic E-state index is 13.0. The number of aromatic nitrogens is 2. The Hall–Kier alpha value is -2.03. The monoisotopic (exact) mass is 443 g/mol. The molecule has 1 N–H and O–H groups in total. The van der Waals surface area contributed by atoms with Gasteiger partial charge in [-0.25, -0.2) is 18.4 Å². The van der Waals surface area contributed by atoms with Crippen molar-refractivity contribution < 1.29 is 8.42 Å². The molecule has 4 rings (SSSR count). The molecule has 2 aliphatic heterocycles. The third-order valence-electron chi connectivity index (χ3n) is 6.37. The van der Waals surface area contributed by atoms with Gasteiger partial charge in [0.1, 0.15) is 11.6 Å². The van der Waals surface area contributed by atoms with Crippen molar-refractivity contribution in [1.29, 1.82) is 0 Å². The van der Waals surface area contributed by atoms with Gasteiger partial charge in [0, 0.05) is 44.6 Å². The van der Waals surface area contributed by atoms with Crippen LogP contribution >= 0.6 is 0 Å². The molecule has 2 aliphatic rings. The number of sulfonamides is 1. The second kappa shape index (κ2) is 9.63. The summed E-state index contributed by atoms with van der Waals surface area (Å²) in [6.45, 7) is 2.94. The summed E-state index contributed by atoms with van der Waals surface area (Å²) in [6.07, 6.45) is 4.30. The Bertz CT molecular complexity index is 979. The molecule has 1 aromatic carbocycles. The molecule has 0 amide bonds. The van der Waals surface area contributed by atoms with Gasteiger partial charge in [-0.3, -0.25) is 0 Å². The summed E-state index contributed by atoms with van der Waals surface area (Å²) in [6, 6.07) is 10.0. The van der Waals surface area contributed by atoms with Gasteiger partial charge in [0.15, 0.2) is 0 Å². The van der Waals surface area contributed by atoms with Crippen LogP contribution in [0.4, 0.5) is 5.82 Å². The van der Waals surface area contributed by atoms with Crippen molar-refractivity contribution in [2.75, 3.05) is 44.8 Å². The Morgan fingerprint density at radius 1 is 1.16 bits per heavy atom. The van der Waals surface area contributed by atoms with Crippen LogP contribution in [0.2, 0.25) is 0 Å². The number of nitrogens with one attached hydrogen (secondary N) is 1. The molecule has 168 valence electrons. The van der Waals surface area contributed by atoms with Gasteiger partial charge in [0.2, 0.25) is 10.0 Å². The molecule has 2 aromatic rings. The fourth-order valence-electron chi connectivity index (χ4n) is 4.64. The van der Waals surface area contributed by atoms with Crippen LogP contribution < -0.4 is 5.32 Å². The molecule has 1 aromatic heterocycles. The zero-order valence-electron chi connectivity index (χ0n) is 18.5. The number of rotatable bonds is 7. The van der Waals surface area contributed by atoms with Crippen LogP contribution in [0.5, 0.6) is 0 Å². The van der Waals surface area contributed by atoms with E-state index in [1.54, 1.807) is 4.31 Å². The molecule has 0 spiro atoms. The molecule has 0 saturated carbocycles. The molecule has 1 fully saturated rings. The van der Waals surface area contributed by atoms with Crippen LogP contribution in [-0.4, -0.2) is 67.1 Å². The number of likely N-dealkylation sites (tertiary alicyclic amines) is 1. The maximum absolute atomic E-state index is 13.0. The van der Waals surface area contributed by atoms with Crippen molar-refractivity contribution in [3.63, 3.8) is 0 Å². The van der Waals surface area contributed by atoms with Crippen molar-refractivity contribution in [3.05, 3.63) is 53.0 Å². The molecule has 1 atom stereocenters. The molecule has 0 aliphatic carbocycles. The highest BCUT2D eigenvalue weighted by molar-refractivity contribution is 7.89. The lowest BCUT2D eigenvalue weighted by molar-refractivity contribution is 0.245. The van der Waals surface area contributed by atoms with E-state index in [9.17, 15) is 8.42 Å². The Balaban J connectivity index is 1.46. The van der Waals surface area contributed by atoms with E-state index in [1.165, 1.54) is 5.56 Å². The first-order valence-electron chi connectivity index (χ1n) is 11.2. The van der Waals surface area contributed by atoms with Gasteiger partial charge in [-0.1, -0.05) is 30.3 Å². The molecule has 31 heavy (non-hydrogen) atoms. The first kappa shape index (κ1) is 22.2. The summed E-state index contributed by atoms with van der Waals surface area (Å²) < 4.78 is 27.6. The van der Waals surface area contributed by atoms with Gasteiger partial charge in [0.25, 0.3) is 0 Å². The van der Waals surface area contributed by atoms with Crippen molar-refractivity contribution in [1.82, 2.24) is 19.2 Å². The van der Waals surface area contributed by atoms with Crippen LogP contribution in [0.1, 0.15) is 47.8 Å². The number of aryl methyl sites for hydroxylation is 1. The Kier molecular flexibility index (Phi) is 6.89. The number of anilines is 1. The van der Waals surface area contributed by atoms with Crippen LogP contribution in [0.3, 0.4) is 0 Å². The van der Waals surface area contributed by atoms with Crippen LogP contribution in [-0.2, 0) is 29.4 Å². The molecule has 7 nitrogen and oxygen atoms in total. The highest BCUT2D eigenvalue weighted by atomic mass is 32.2. The molecule has 0 bridgehead atoms. The average Bonchev–Trinajstić information content (AvgIpc) is 2.78. The second-order valence-electron chi connectivity index (χ2n) is 8.70. The predicted octanol–water partition coefficient (Wildman–Crippen LogP) is 2.65. The highest BCUT2D eigenvalue weighted by Crippen LogP contribution is 2.30. The summed E-state index contributed by atoms with van der Waals surface area (Å²) in [5.41, 5.74) is 3.10. The lowest BCUT2D eigenvalue weighted by atomic mass is 9.97. The normalized spacial score (nSPS) is 20.4. The number of piperidine rings is 1. The molecule has 3 heterocycles. The molecule has 0 radical (unpaired) electrons. The number of hydrogen-bond acceptors (Lipinski definition) is 6. The third-order valence-corrected chi connectivity index (χ3v) is 8.28. The van der Waals surface area contributed by atoms with Gasteiger partial charge < -0.3 is 10.2 Å². The van der Waals surface area contributed by atoms with Gasteiger partial charge in [0.05, 0.1) is 11.4 Å². The zero-order valence-corrected chi connectivity index (χ0v) is 19.4. The van der Waals surface area contributed by atoms with Gasteiger partial charge in [-0.2, -0.15) is 4.31 Å². The molecular weight excluding hydrogens is 410 g/mol. The first-order valence-corrected chi connectivity index (χ1v) is 12.8. The fraction of sp³-hybridized carbons (Fsp3) is 0.565. The first-order chi connectivity index (χ1) is 15.0. The number of nitrogens with zero attached hydrogens (tertiary/aromatic N) is 4. The SMILES string of the molecule is CNc1nc([C@H]2CCCN(C)C2)nc2c1CN(S(=O)(=O)CCCc1ccccc1)CC2. The van der Waals surface area contributed by atoms with E-state index in [0.717, 1.165) is 55.3 Å². The standard InChI is InChI=1S/C23H33N5O2S/c1-24-23-20-17-28(31(29,30)15-7-10-18-8-4-3-5-9-18)14-12-21(20)25-22(26-23)19-11-6-13-27(2)16-19/h3-5,8-9,19H,6-7,10-17H2,1-2H3,(H,24,25,26)/t19-/m0/s1. The van der Waals surface area contributed by atoms with Crippen molar-refractivity contribution >= 4 is 15.8 Å². The van der Waals surface area contributed by atoms with E-state index in [4.69, 9.17) is 9.97 Å². The molecule has 1 saturated heterocycles. The molecule has 0 unspecified atom stereocenters. The minimum atomic E-state index is -3.32. The summed E-state index contributed by atoms with van der Waals surface area (Å²) >= 11 is 0. The topological polar surface area (TPSA) is 78.4 Å². The largest absolute Gasteiger partial charge is 0.373 e. The highest BCUT2D eigenvalue weighted by Gasteiger charge is 2.31. The summed E-state index contributed by atoms with van der Waals surface area (Å²) in [5, 5.41) is 3.20. The fourth-order valence-corrected chi connectivity index (χ4v) is 6.11. The van der Waals surface area contributed by atoms with E-state index in [1.807, 2.05) is 37.4 Å². The van der Waals surface area contributed by atoms with Gasteiger partial charge in [-0.15, -0.1) is 0 Å². The zero-order chi connectivity index (χ0) is 21.8. The number of likely N-dealkylation sites (N-methyl/N-ethyl adjacent to an activating group) is 1. The second-order valence-corrected chi connectivity index (χ2v) is 10.8. The lowest BCUT2D eigenvalue weighted by Crippen LogP contribution is -2.39. The minimum absolute atomic E-state index is 0.166. The van der Waals surface area contributed by atoms with Gasteiger partial charge in [-0.05, 0) is 44.8 Å². The predicted molar refractivity (Wildman–Crippen MR) is 124 cm³/mol. The Morgan fingerprint density at radius 3 is 2.71 bits per heavy atom. The van der Waals surface area contributed by atoms with E-state index in [2.05, 4.69) is 17.3 Å². The van der Waals surface area contributed by atoms with Crippen LogP contribution in [0, 0.1) is 0 Å². The Labute approximate surface area is 185 Å². The van der Waals surface area contributed by atoms with E-state index in [0.29, 0.717) is 31.8 Å². The summed E-state index contributed by atoms with van der Waals surface area (Å²) in [5.74, 6) is 2.18. The van der Waals surface area contributed by atoms with Crippen LogP contribution in [0.15, 0.2) is 30.3 Å². The van der Waals surface area contributed by atoms with Gasteiger partial charge >= 0.3 is 0 Å². The summed E-state index contributed by atoms with van der Waals surface area (Å²) in [4.78, 5) is 12.0. The number of benzene rings is 1. The van der Waals surface area contributed by atoms with Crippen molar-refractivity contribution in [3.8, 4) is 0 Å². The van der Waals surface area contributed by atoms with Crippen LogP contribution in [0.25, 0.3) is 0 Å². The number of hydrogen-bond donors (Lipinski definition) is 1. The van der Waals surface area contributed by atoms with Crippen molar-refractivity contribution in [2.45, 2.75) is 44.6 Å². The smallest absolute Gasteiger partial charge is 0.214 e. The molecule has 8 heteroatoms. The Morgan fingerprint density at radius 2 is 1.97 bits per heavy atom. The third kappa shape index (κ3) is 5.25. The van der Waals surface area contributed by atoms with E-state index >= 15 is 0 Å². The van der Waals surface area contributed by atoms with E-state index in [-0.39, 0.29) is 5.75 Å². The van der Waals surface area contributed by atoms with Crippen molar-refractivity contribution in [2.24, 2.45) is 0 Å². The molecular formula is C23H33N5O2S. The average molecular weight is 444 g/mol. The lowest BCUT2D eigenvalue weighted by Gasteiger charge is -2.32.